The van der Waals surface area contributed by atoms with Gasteiger partial charge >= 0.3 is 0 Å². The van der Waals surface area contributed by atoms with Crippen LogP contribution in [0.4, 0.5) is 5.69 Å². The van der Waals surface area contributed by atoms with Crippen molar-refractivity contribution < 1.29 is 14.6 Å². The summed E-state index contributed by atoms with van der Waals surface area (Å²) in [5, 5.41) is 12.3. The van der Waals surface area contributed by atoms with Crippen molar-refractivity contribution in [2.24, 2.45) is 5.41 Å². The van der Waals surface area contributed by atoms with E-state index in [1.165, 1.54) is 37.8 Å². The maximum atomic E-state index is 12.5. The number of aliphatic hydroxyl groups excluding tert-OH is 1. The second kappa shape index (κ2) is 8.87. The Morgan fingerprint density at radius 2 is 2.00 bits per heavy atom. The van der Waals surface area contributed by atoms with Crippen LogP contribution in [0.1, 0.15) is 55.3 Å². The number of carbonyl (C=O) groups excluding carboxylic acids is 1. The minimum absolute atomic E-state index is 0.0546. The lowest BCUT2D eigenvalue weighted by Crippen LogP contribution is -2.38. The molecule has 5 nitrogen and oxygen atoms in total. The molecule has 1 aromatic rings. The first-order valence-corrected chi connectivity index (χ1v) is 9.93. The summed E-state index contributed by atoms with van der Waals surface area (Å²) in [5.41, 5.74) is 1.74. The van der Waals surface area contributed by atoms with Crippen LogP contribution in [-0.2, 0) is 4.74 Å². The van der Waals surface area contributed by atoms with Crippen LogP contribution >= 0.6 is 0 Å². The molecule has 1 heterocycles. The molecular weight excluding hydrogens is 328 g/mol. The summed E-state index contributed by atoms with van der Waals surface area (Å²) in [6, 6.07) is 8.53. The fourth-order valence-electron chi connectivity index (χ4n) is 4.21. The standard InChI is InChI=1S/C21H32N2O3/c1-23(18-5-3-2-4-6-18)19-9-7-17(8-10-19)20(25)22-15-21(11-13-24)12-14-26-16-21/h7-10,18,24H,2-6,11-16H2,1H3,(H,22,25)/t21-/m0/s1. The fraction of sp³-hybridized carbons (Fsp3) is 0.667. The molecule has 26 heavy (non-hydrogen) atoms. The van der Waals surface area contributed by atoms with Crippen molar-refractivity contribution in [2.45, 2.75) is 51.0 Å². The monoisotopic (exact) mass is 360 g/mol. The average Bonchev–Trinajstić information content (AvgIpc) is 3.15. The molecule has 1 amide bonds. The smallest absolute Gasteiger partial charge is 0.251 e. The highest BCUT2D eigenvalue weighted by Crippen LogP contribution is 2.31. The number of hydrogen-bond donors (Lipinski definition) is 2. The van der Waals surface area contributed by atoms with Crippen molar-refractivity contribution in [1.82, 2.24) is 5.32 Å². The van der Waals surface area contributed by atoms with Gasteiger partial charge in [-0.3, -0.25) is 4.79 Å². The minimum atomic E-state index is -0.119. The number of aliphatic hydroxyl groups is 1. The number of ether oxygens (including phenoxy) is 1. The molecular formula is C21H32N2O3. The Bertz CT molecular complexity index is 575. The normalized spacial score (nSPS) is 23.8. The van der Waals surface area contributed by atoms with E-state index in [2.05, 4.69) is 17.3 Å². The Labute approximate surface area is 156 Å². The lowest BCUT2D eigenvalue weighted by Gasteiger charge is -2.33. The largest absolute Gasteiger partial charge is 0.396 e. The molecule has 0 bridgehead atoms. The van der Waals surface area contributed by atoms with Crippen molar-refractivity contribution in [3.63, 3.8) is 0 Å². The van der Waals surface area contributed by atoms with Gasteiger partial charge in [-0.25, -0.2) is 0 Å². The molecule has 2 aliphatic rings. The van der Waals surface area contributed by atoms with Gasteiger partial charge in [0.25, 0.3) is 5.91 Å². The molecule has 1 aliphatic carbocycles. The van der Waals surface area contributed by atoms with Crippen LogP contribution in [0.5, 0.6) is 0 Å². The van der Waals surface area contributed by atoms with Crippen LogP contribution in [-0.4, -0.2) is 50.5 Å². The summed E-state index contributed by atoms with van der Waals surface area (Å²) < 4.78 is 5.48. The van der Waals surface area contributed by atoms with Gasteiger partial charge in [-0.15, -0.1) is 0 Å². The average molecular weight is 360 g/mol. The van der Waals surface area contributed by atoms with Crippen LogP contribution in [0, 0.1) is 5.41 Å². The van der Waals surface area contributed by atoms with E-state index in [4.69, 9.17) is 4.74 Å². The first kappa shape index (κ1) is 19.2. The van der Waals surface area contributed by atoms with Crippen LogP contribution < -0.4 is 10.2 Å². The molecule has 1 aliphatic heterocycles. The maximum absolute atomic E-state index is 12.5. The van der Waals surface area contributed by atoms with Crippen LogP contribution in [0.15, 0.2) is 24.3 Å². The topological polar surface area (TPSA) is 61.8 Å². The van der Waals surface area contributed by atoms with E-state index in [1.54, 1.807) is 0 Å². The number of hydrogen-bond acceptors (Lipinski definition) is 4. The third-order valence-electron chi connectivity index (χ3n) is 6.11. The quantitative estimate of drug-likeness (QED) is 0.785. The molecule has 2 fully saturated rings. The second-order valence-corrected chi connectivity index (χ2v) is 7.91. The summed E-state index contributed by atoms with van der Waals surface area (Å²) in [6.45, 7) is 1.99. The zero-order valence-corrected chi connectivity index (χ0v) is 15.9. The highest BCUT2D eigenvalue weighted by atomic mass is 16.5. The Balaban J connectivity index is 1.56. The third-order valence-corrected chi connectivity index (χ3v) is 6.11. The van der Waals surface area contributed by atoms with Gasteiger partial charge in [0.1, 0.15) is 0 Å². The Kier molecular flexibility index (Phi) is 6.54. The third kappa shape index (κ3) is 4.57. The Morgan fingerprint density at radius 1 is 1.27 bits per heavy atom. The number of nitrogens with one attached hydrogen (secondary N) is 1. The molecule has 1 atom stereocenters. The van der Waals surface area contributed by atoms with Gasteiger partial charge in [-0.2, -0.15) is 0 Å². The number of anilines is 1. The second-order valence-electron chi connectivity index (χ2n) is 7.91. The number of nitrogens with zero attached hydrogens (tertiary/aromatic N) is 1. The first-order chi connectivity index (χ1) is 12.6. The van der Waals surface area contributed by atoms with Gasteiger partial charge in [0.15, 0.2) is 0 Å². The fourth-order valence-corrected chi connectivity index (χ4v) is 4.21. The zero-order valence-electron chi connectivity index (χ0n) is 15.9. The number of carbonyl (C=O) groups is 1. The highest BCUT2D eigenvalue weighted by molar-refractivity contribution is 5.94. The molecule has 0 spiro atoms. The first-order valence-electron chi connectivity index (χ1n) is 9.93. The minimum Gasteiger partial charge on any atom is -0.396 e. The van der Waals surface area contributed by atoms with Crippen molar-refractivity contribution in [2.75, 3.05) is 38.3 Å². The van der Waals surface area contributed by atoms with Gasteiger partial charge in [-0.1, -0.05) is 19.3 Å². The Morgan fingerprint density at radius 3 is 2.62 bits per heavy atom. The van der Waals surface area contributed by atoms with E-state index in [0.717, 1.165) is 6.42 Å². The predicted octanol–water partition coefficient (Wildman–Crippen LogP) is 2.97. The van der Waals surface area contributed by atoms with Gasteiger partial charge in [0, 0.05) is 49.5 Å². The molecule has 0 radical (unpaired) electrons. The van der Waals surface area contributed by atoms with Crippen LogP contribution in [0.2, 0.25) is 0 Å². The van der Waals surface area contributed by atoms with Crippen molar-refractivity contribution in [3.05, 3.63) is 29.8 Å². The molecule has 144 valence electrons. The van der Waals surface area contributed by atoms with E-state index in [0.29, 0.717) is 37.8 Å². The number of benzene rings is 1. The Hall–Kier alpha value is -1.59. The number of amides is 1. The molecule has 1 saturated carbocycles. The molecule has 1 aromatic carbocycles. The van der Waals surface area contributed by atoms with Crippen LogP contribution in [0.25, 0.3) is 0 Å². The summed E-state index contributed by atoms with van der Waals surface area (Å²) in [6.07, 6.45) is 8.05. The van der Waals surface area contributed by atoms with E-state index >= 15 is 0 Å². The summed E-state index contributed by atoms with van der Waals surface area (Å²) >= 11 is 0. The molecule has 0 aromatic heterocycles. The van der Waals surface area contributed by atoms with Gasteiger partial charge in [0.2, 0.25) is 0 Å². The van der Waals surface area contributed by atoms with Crippen LogP contribution in [0.3, 0.4) is 0 Å². The summed E-state index contributed by atoms with van der Waals surface area (Å²) in [7, 11) is 2.16. The van der Waals surface area contributed by atoms with Gasteiger partial charge < -0.3 is 20.1 Å². The number of rotatable bonds is 7. The molecule has 1 saturated heterocycles. The molecule has 2 N–H and O–H groups in total. The lowest BCUT2D eigenvalue weighted by molar-refractivity contribution is 0.0889. The van der Waals surface area contributed by atoms with Gasteiger partial charge in [0.05, 0.1) is 6.61 Å². The summed E-state index contributed by atoms with van der Waals surface area (Å²) in [4.78, 5) is 14.9. The van der Waals surface area contributed by atoms with Crippen molar-refractivity contribution >= 4 is 11.6 Å². The van der Waals surface area contributed by atoms with E-state index in [9.17, 15) is 9.90 Å². The lowest BCUT2D eigenvalue weighted by atomic mass is 9.84. The van der Waals surface area contributed by atoms with E-state index in [-0.39, 0.29) is 17.9 Å². The maximum Gasteiger partial charge on any atom is 0.251 e. The SMILES string of the molecule is CN(c1ccc(C(=O)NC[C@]2(CCO)CCOC2)cc1)C1CCCCC1. The van der Waals surface area contributed by atoms with Crippen molar-refractivity contribution in [1.29, 1.82) is 0 Å². The molecule has 0 unspecified atom stereocenters. The predicted molar refractivity (Wildman–Crippen MR) is 104 cm³/mol. The zero-order chi connectivity index (χ0) is 18.4. The summed E-state index contributed by atoms with van der Waals surface area (Å²) in [5.74, 6) is -0.0546. The highest BCUT2D eigenvalue weighted by Gasteiger charge is 2.34. The van der Waals surface area contributed by atoms with Gasteiger partial charge in [-0.05, 0) is 49.9 Å². The van der Waals surface area contributed by atoms with Crippen molar-refractivity contribution in [3.8, 4) is 0 Å². The van der Waals surface area contributed by atoms with E-state index in [1.807, 2.05) is 24.3 Å². The van der Waals surface area contributed by atoms with E-state index < -0.39 is 0 Å². The molecule has 3 rings (SSSR count). The molecule has 5 heteroatoms.